The molecule has 5 rings (SSSR count). The van der Waals surface area contributed by atoms with Crippen molar-refractivity contribution in [3.8, 4) is 61.7 Å². The van der Waals surface area contributed by atoms with Crippen molar-refractivity contribution in [2.24, 2.45) is 0 Å². The highest BCUT2D eigenvalue weighted by molar-refractivity contribution is 6.79. The lowest BCUT2D eigenvalue weighted by Crippen LogP contribution is -2.68. The van der Waals surface area contributed by atoms with E-state index in [0.29, 0.717) is 64.2 Å². The summed E-state index contributed by atoms with van der Waals surface area (Å²) < 4.78 is 36.0. The molecule has 1 N–H and O–H groups in total. The molecule has 0 aromatic rings. The van der Waals surface area contributed by atoms with Crippen molar-refractivity contribution >= 4 is 17.6 Å². The van der Waals surface area contributed by atoms with Gasteiger partial charge in [0.2, 0.25) is 0 Å². The van der Waals surface area contributed by atoms with Gasteiger partial charge in [0.15, 0.2) is 0 Å². The van der Waals surface area contributed by atoms with E-state index in [9.17, 15) is 4.80 Å². The van der Waals surface area contributed by atoms with Crippen molar-refractivity contribution in [2.45, 2.75) is 194 Å². The first-order valence-corrected chi connectivity index (χ1v) is 23.1. The van der Waals surface area contributed by atoms with Gasteiger partial charge in [-0.3, -0.25) is 0 Å². The summed E-state index contributed by atoms with van der Waals surface area (Å²) in [6, 6.07) is 0. The molecular formula is C41H58O6Si2. The van der Waals surface area contributed by atoms with Crippen molar-refractivity contribution in [3.63, 3.8) is 0 Å². The third kappa shape index (κ3) is 9.08. The lowest BCUT2D eigenvalue weighted by molar-refractivity contribution is -0.0973. The molecule has 0 amide bonds. The average molecular weight is 703 g/mol. The molecule has 0 spiro atoms. The first kappa shape index (κ1) is 38.2. The first-order chi connectivity index (χ1) is 23.6. The van der Waals surface area contributed by atoms with Crippen LogP contribution in [0.15, 0.2) is 0 Å². The Kier molecular flexibility index (Phi) is 12.6. The topological polar surface area (TPSA) is 66.4 Å². The maximum absolute atomic E-state index is 13.2. The van der Waals surface area contributed by atoms with Crippen LogP contribution in [0.3, 0.4) is 0 Å². The molecule has 5 aliphatic rings. The zero-order valence-corrected chi connectivity index (χ0v) is 31.8. The summed E-state index contributed by atoms with van der Waals surface area (Å²) in [6.07, 6.45) is 52.2. The maximum atomic E-state index is 13.2. The van der Waals surface area contributed by atoms with Crippen LogP contribution in [0, 0.1) is 61.7 Å². The molecule has 8 heteroatoms. The fourth-order valence-corrected chi connectivity index (χ4v) is 17.2. The Labute approximate surface area is 299 Å². The van der Waals surface area contributed by atoms with Gasteiger partial charge in [0.1, 0.15) is 28.0 Å². The number of rotatable bonds is 12. The molecule has 5 aliphatic carbocycles. The molecule has 0 aromatic heterocycles. The summed E-state index contributed by atoms with van der Waals surface area (Å²) in [5, 5.41) is 0. The zero-order chi connectivity index (χ0) is 35.0. The lowest BCUT2D eigenvalue weighted by atomic mass is 9.86. The second kappa shape index (κ2) is 16.1. The second-order valence-corrected chi connectivity index (χ2v) is 20.8. The van der Waals surface area contributed by atoms with Crippen molar-refractivity contribution in [2.75, 3.05) is 0 Å². The molecule has 0 aliphatic heterocycles. The normalized spacial score (nSPS) is 26.0. The quantitative estimate of drug-likeness (QED) is 0.164. The molecule has 0 bridgehead atoms. The SMILES string of the molecule is C#CC1(O[Si](O)(C[Si](OC2(C#C)CCCCC2)(OC2(C#C)CCCCC2)OC2(C#C)CCCCC2)OC2(C#C)CCCCC2)CCCCC1. The molecule has 5 saturated carbocycles. The van der Waals surface area contributed by atoms with E-state index >= 15 is 0 Å². The van der Waals surface area contributed by atoms with Gasteiger partial charge < -0.3 is 26.9 Å². The van der Waals surface area contributed by atoms with E-state index in [2.05, 4.69) is 29.6 Å². The van der Waals surface area contributed by atoms with Crippen molar-refractivity contribution in [1.82, 2.24) is 0 Å². The van der Waals surface area contributed by atoms with Gasteiger partial charge in [0.25, 0.3) is 0 Å². The molecule has 0 aromatic carbocycles. The van der Waals surface area contributed by atoms with Gasteiger partial charge in [-0.05, 0) is 128 Å². The number of terminal acetylenes is 5. The third-order valence-corrected chi connectivity index (χ3v) is 18.9. The Hall–Kier alpha value is -2.01. The molecule has 6 nitrogen and oxygen atoms in total. The Bertz CT molecular complexity index is 1190. The summed E-state index contributed by atoms with van der Waals surface area (Å²) in [4.78, 5) is 13.2. The van der Waals surface area contributed by atoms with Crippen LogP contribution in [0.4, 0.5) is 0 Å². The monoisotopic (exact) mass is 702 g/mol. The number of hydrogen-bond acceptors (Lipinski definition) is 6. The fourth-order valence-electron chi connectivity index (χ4n) is 9.03. The minimum Gasteiger partial charge on any atom is -0.390 e. The smallest absolute Gasteiger partial charge is 0.390 e. The average Bonchev–Trinajstić information content (AvgIpc) is 3.13. The Balaban J connectivity index is 1.68. The zero-order valence-electron chi connectivity index (χ0n) is 29.8. The Morgan fingerprint density at radius 3 is 0.776 bits per heavy atom. The lowest BCUT2D eigenvalue weighted by Gasteiger charge is -2.50. The maximum Gasteiger partial charge on any atom is 0.508 e. The van der Waals surface area contributed by atoms with Crippen LogP contribution in [0.2, 0.25) is 5.67 Å². The van der Waals surface area contributed by atoms with Crippen LogP contribution in [0.5, 0.6) is 0 Å². The second-order valence-electron chi connectivity index (χ2n) is 15.6. The summed E-state index contributed by atoms with van der Waals surface area (Å²) in [5.74, 6) is 15.0. The highest BCUT2D eigenvalue weighted by Crippen LogP contribution is 2.47. The van der Waals surface area contributed by atoms with Gasteiger partial charge in [-0.25, -0.2) is 0 Å². The van der Waals surface area contributed by atoms with E-state index in [1.54, 1.807) is 0 Å². The predicted molar refractivity (Wildman–Crippen MR) is 197 cm³/mol. The molecule has 5 fully saturated rings. The third-order valence-electron chi connectivity index (χ3n) is 11.8. The predicted octanol–water partition coefficient (Wildman–Crippen LogP) is 8.16. The minimum atomic E-state index is -4.44. The van der Waals surface area contributed by atoms with Crippen LogP contribution in [0.25, 0.3) is 0 Å². The standard InChI is InChI=1S/C41H58O6Si2/c1-6-37(26-16-11-17-27-37)43-48(42,44-38(7-2)28-18-12-19-29-38)36-49(45-39(8-3)30-20-13-21-31-39,46-40(9-4)32-22-14-23-33-40)47-41(10-5)34-24-15-25-35-41/h1-5,42H,11-36H2. The van der Waals surface area contributed by atoms with Gasteiger partial charge in [-0.15, -0.1) is 32.1 Å². The highest BCUT2D eigenvalue weighted by Gasteiger charge is 2.65. The molecule has 0 radical (unpaired) electrons. The van der Waals surface area contributed by atoms with Crippen molar-refractivity contribution < 1.29 is 26.9 Å². The molecule has 0 saturated heterocycles. The van der Waals surface area contributed by atoms with E-state index in [-0.39, 0.29) is 5.67 Å². The molecular weight excluding hydrogens is 645 g/mol. The molecule has 266 valence electrons. The fraction of sp³-hybridized carbons (Fsp3) is 0.756. The van der Waals surface area contributed by atoms with Gasteiger partial charge in [0.05, 0.1) is 5.67 Å². The van der Waals surface area contributed by atoms with E-state index in [0.717, 1.165) is 96.3 Å². The minimum absolute atomic E-state index is 0.177. The molecule has 0 atom stereocenters. The largest absolute Gasteiger partial charge is 0.508 e. The molecule has 49 heavy (non-hydrogen) atoms. The summed E-state index contributed by atoms with van der Waals surface area (Å²) in [5.41, 5.74) is -5.12. The van der Waals surface area contributed by atoms with E-state index in [1.807, 2.05) is 0 Å². The van der Waals surface area contributed by atoms with Gasteiger partial charge >= 0.3 is 17.6 Å². The highest BCUT2D eigenvalue weighted by atomic mass is 28.5. The Morgan fingerprint density at radius 1 is 0.367 bits per heavy atom. The summed E-state index contributed by atoms with van der Waals surface area (Å²) in [6.45, 7) is 0. The molecule has 0 unspecified atom stereocenters. The van der Waals surface area contributed by atoms with Gasteiger partial charge in [0, 0.05) is 0 Å². The summed E-state index contributed by atoms with van der Waals surface area (Å²) in [7, 11) is -8.68. The van der Waals surface area contributed by atoms with Crippen LogP contribution >= 0.6 is 0 Å². The van der Waals surface area contributed by atoms with Crippen LogP contribution < -0.4 is 0 Å². The van der Waals surface area contributed by atoms with Crippen LogP contribution in [-0.2, 0) is 22.1 Å². The Morgan fingerprint density at radius 2 is 0.571 bits per heavy atom. The van der Waals surface area contributed by atoms with E-state index in [1.165, 1.54) is 0 Å². The first-order valence-electron chi connectivity index (χ1n) is 19.2. The van der Waals surface area contributed by atoms with Crippen LogP contribution in [-0.4, -0.2) is 50.4 Å². The van der Waals surface area contributed by atoms with Crippen molar-refractivity contribution in [1.29, 1.82) is 0 Å². The number of hydrogen-bond donors (Lipinski definition) is 1. The van der Waals surface area contributed by atoms with Gasteiger partial charge in [-0.2, -0.15) is 0 Å². The van der Waals surface area contributed by atoms with E-state index < -0.39 is 45.6 Å². The molecule has 0 heterocycles. The van der Waals surface area contributed by atoms with E-state index in [4.69, 9.17) is 54.2 Å². The summed E-state index contributed by atoms with van der Waals surface area (Å²) >= 11 is 0. The van der Waals surface area contributed by atoms with Gasteiger partial charge in [-0.1, -0.05) is 61.7 Å². The van der Waals surface area contributed by atoms with Crippen molar-refractivity contribution in [3.05, 3.63) is 0 Å². The van der Waals surface area contributed by atoms with Crippen LogP contribution in [0.1, 0.15) is 161 Å².